The van der Waals surface area contributed by atoms with E-state index < -0.39 is 0 Å². The molecule has 0 N–H and O–H groups in total. The molecule has 1 heterocycles. The second kappa shape index (κ2) is 15.1. The summed E-state index contributed by atoms with van der Waals surface area (Å²) in [6, 6.07) is 8.68. The van der Waals surface area contributed by atoms with Crippen LogP contribution in [0.3, 0.4) is 0 Å². The molecule has 1 aliphatic heterocycles. The fraction of sp³-hybridized carbons (Fsp3) is 0.462. The first kappa shape index (κ1) is 28.2. The molecule has 2 aromatic rings. The summed E-state index contributed by atoms with van der Waals surface area (Å²) in [7, 11) is 9.63. The van der Waals surface area contributed by atoms with Gasteiger partial charge in [-0.15, -0.1) is 6.42 Å². The first-order valence-electron chi connectivity index (χ1n) is 10.6. The summed E-state index contributed by atoms with van der Waals surface area (Å²) in [5, 5.41) is 0. The average molecular weight is 553 g/mol. The van der Waals surface area contributed by atoms with Crippen LogP contribution in [0.1, 0.15) is 58.2 Å². The van der Waals surface area contributed by atoms with Gasteiger partial charge in [-0.1, -0.05) is 47.4 Å². The van der Waals surface area contributed by atoms with E-state index in [2.05, 4.69) is 49.2 Å². The topological polar surface area (TPSA) is 7.60 Å². The van der Waals surface area contributed by atoms with Crippen molar-refractivity contribution in [3.05, 3.63) is 81.2 Å². The van der Waals surface area contributed by atoms with E-state index in [-0.39, 0.29) is 15.9 Å². The molecule has 1 aliphatic rings. The predicted molar refractivity (Wildman–Crippen MR) is 133 cm³/mol. The molecular formula is C26H35Cl2N2Pd-. The Morgan fingerprint density at radius 2 is 1.26 bits per heavy atom. The van der Waals surface area contributed by atoms with Gasteiger partial charge < -0.3 is 4.90 Å². The van der Waals surface area contributed by atoms with E-state index in [1.54, 1.807) is 0 Å². The molecule has 174 valence electrons. The van der Waals surface area contributed by atoms with Crippen molar-refractivity contribution in [2.75, 3.05) is 13.1 Å². The van der Waals surface area contributed by atoms with Crippen molar-refractivity contribution >= 4 is 24.7 Å². The minimum atomic E-state index is -0.106. The molecule has 1 saturated heterocycles. The van der Waals surface area contributed by atoms with Crippen molar-refractivity contribution in [1.82, 2.24) is 4.90 Å². The van der Waals surface area contributed by atoms with Crippen LogP contribution >= 0.6 is 19.1 Å². The van der Waals surface area contributed by atoms with Crippen molar-refractivity contribution in [2.24, 2.45) is 0 Å². The van der Waals surface area contributed by atoms with Crippen LogP contribution in [-0.2, 0) is 22.4 Å². The molecule has 2 aromatic carbocycles. The minimum absolute atomic E-state index is 0.106. The summed E-state index contributed by atoms with van der Waals surface area (Å²) in [4.78, 5) is 5.96. The van der Waals surface area contributed by atoms with E-state index in [1.165, 1.54) is 60.2 Å². The number of benzene rings is 2. The molecule has 0 spiro atoms. The van der Waals surface area contributed by atoms with Crippen LogP contribution in [-0.4, -0.2) is 18.0 Å². The van der Waals surface area contributed by atoms with Crippen LogP contribution in [0.25, 0.3) is 4.85 Å². The zero-order chi connectivity index (χ0) is 23.4. The molecule has 0 radical (unpaired) electrons. The van der Waals surface area contributed by atoms with E-state index >= 15 is 0 Å². The second-order valence-corrected chi connectivity index (χ2v) is 10.6. The summed E-state index contributed by atoms with van der Waals surface area (Å²) in [6.45, 7) is 24.5. The number of hydrogen-bond acceptors (Lipinski definition) is 1. The summed E-state index contributed by atoms with van der Waals surface area (Å²) >= 11 is -0.106. The molecule has 0 bridgehead atoms. The van der Waals surface area contributed by atoms with Gasteiger partial charge in [0, 0.05) is 0 Å². The number of hydrogen-bond donors (Lipinski definition) is 0. The third-order valence-corrected chi connectivity index (χ3v) is 5.53. The molecule has 1 fully saturated rings. The van der Waals surface area contributed by atoms with Gasteiger partial charge in [-0.2, -0.15) is 0 Å². The standard InChI is InChI=1S/C16H24N.C10H11N.2ClH.Pd/c1-13-11-14(2)16(15(3)12-13)7-10-17-8-5-4-6-9-17;1-7-5-8(2)10(11-4)9(3)6-7;;;/h10-12H,4-9H2,1-3H3;5-6H,1-3H3;2*1H;/q-1;;;;+2/p-2. The van der Waals surface area contributed by atoms with Gasteiger partial charge in [-0.25, -0.2) is 4.85 Å². The first-order valence-corrected chi connectivity index (χ1v) is 14.7. The maximum absolute atomic E-state index is 6.92. The van der Waals surface area contributed by atoms with Gasteiger partial charge in [0.2, 0.25) is 0 Å². The van der Waals surface area contributed by atoms with Gasteiger partial charge in [0.1, 0.15) is 0 Å². The monoisotopic (exact) mass is 551 g/mol. The fourth-order valence-corrected chi connectivity index (χ4v) is 4.20. The van der Waals surface area contributed by atoms with Crippen molar-refractivity contribution in [3.8, 4) is 0 Å². The molecule has 0 atom stereocenters. The predicted octanol–water partition coefficient (Wildman–Crippen LogP) is 8.34. The van der Waals surface area contributed by atoms with Crippen LogP contribution in [0, 0.1) is 54.7 Å². The Hall–Kier alpha value is -0.868. The number of piperidine rings is 1. The van der Waals surface area contributed by atoms with Crippen molar-refractivity contribution in [3.63, 3.8) is 0 Å². The Kier molecular flexibility index (Phi) is 13.7. The Morgan fingerprint density at radius 3 is 1.68 bits per heavy atom. The summed E-state index contributed by atoms with van der Waals surface area (Å²) in [5.41, 5.74) is 9.97. The number of halogens is 2. The first-order chi connectivity index (χ1) is 14.7. The van der Waals surface area contributed by atoms with Crippen LogP contribution in [0.15, 0.2) is 24.3 Å². The van der Waals surface area contributed by atoms with E-state index in [9.17, 15) is 0 Å². The van der Waals surface area contributed by atoms with Crippen molar-refractivity contribution in [1.29, 1.82) is 0 Å². The van der Waals surface area contributed by atoms with Gasteiger partial charge in [-0.3, -0.25) is 6.54 Å². The average Bonchev–Trinajstić information content (AvgIpc) is 2.69. The van der Waals surface area contributed by atoms with Gasteiger partial charge in [-0.05, 0) is 89.7 Å². The van der Waals surface area contributed by atoms with Crippen LogP contribution in [0.4, 0.5) is 5.69 Å². The summed E-state index contributed by atoms with van der Waals surface area (Å²) < 4.78 is 0. The number of aryl methyl sites for hydroxylation is 6. The van der Waals surface area contributed by atoms with Crippen molar-refractivity contribution < 1.29 is 15.9 Å². The van der Waals surface area contributed by atoms with Gasteiger partial charge in [0.25, 0.3) is 0 Å². The zero-order valence-corrected chi connectivity index (χ0v) is 22.7. The molecule has 0 aliphatic carbocycles. The Balaban J connectivity index is 0.000000296. The molecule has 5 heteroatoms. The summed E-state index contributed by atoms with van der Waals surface area (Å²) in [5.74, 6) is 0. The molecule has 3 rings (SSSR count). The van der Waals surface area contributed by atoms with E-state index in [0.717, 1.165) is 23.2 Å². The van der Waals surface area contributed by atoms with E-state index in [0.29, 0.717) is 0 Å². The van der Waals surface area contributed by atoms with Crippen LogP contribution < -0.4 is 0 Å². The van der Waals surface area contributed by atoms with E-state index in [1.807, 2.05) is 32.9 Å². The third kappa shape index (κ3) is 10.1. The number of likely N-dealkylation sites (tertiary alicyclic amines) is 1. The van der Waals surface area contributed by atoms with Crippen LogP contribution in [0.2, 0.25) is 0 Å². The molecule has 0 amide bonds. The van der Waals surface area contributed by atoms with Crippen LogP contribution in [0.5, 0.6) is 0 Å². The third-order valence-electron chi connectivity index (χ3n) is 5.53. The fourth-order valence-electron chi connectivity index (χ4n) is 4.20. The maximum atomic E-state index is 6.92. The second-order valence-electron chi connectivity index (χ2n) is 8.26. The molecule has 0 saturated carbocycles. The number of nitrogens with zero attached hydrogens (tertiary/aromatic N) is 2. The normalized spacial score (nSPS) is 13.5. The summed E-state index contributed by atoms with van der Waals surface area (Å²) in [6.07, 6.45) is 5.23. The molecule has 0 unspecified atom stereocenters. The van der Waals surface area contributed by atoms with Crippen molar-refractivity contribution in [2.45, 2.75) is 67.2 Å². The van der Waals surface area contributed by atoms with E-state index in [4.69, 9.17) is 25.6 Å². The van der Waals surface area contributed by atoms with Gasteiger partial charge in [0.15, 0.2) is 5.69 Å². The Labute approximate surface area is 206 Å². The quantitative estimate of drug-likeness (QED) is 0.274. The van der Waals surface area contributed by atoms with Gasteiger partial charge >= 0.3 is 35.0 Å². The SMILES string of the molecule is Cc1cc(C)c(C[CH-]N2CCCCC2)c(C)c1.[C-]#[N+]c1c(C)cc(C)cc1C.[Cl][Pd][Cl]. The Morgan fingerprint density at radius 1 is 0.839 bits per heavy atom. The van der Waals surface area contributed by atoms with Gasteiger partial charge in [0.05, 0.1) is 6.57 Å². The number of rotatable bonds is 3. The molecular weight excluding hydrogens is 518 g/mol. The molecule has 0 aromatic heterocycles. The Bertz CT molecular complexity index is 822. The molecule has 31 heavy (non-hydrogen) atoms. The zero-order valence-electron chi connectivity index (χ0n) is 19.6. The molecule has 2 nitrogen and oxygen atoms in total.